The first kappa shape index (κ1) is 15.0. The molecule has 1 atom stereocenters. The van der Waals surface area contributed by atoms with Gasteiger partial charge in [0.15, 0.2) is 5.82 Å². The van der Waals surface area contributed by atoms with Crippen molar-refractivity contribution < 1.29 is 4.79 Å². The van der Waals surface area contributed by atoms with Crippen molar-refractivity contribution in [2.75, 3.05) is 18.0 Å². The van der Waals surface area contributed by atoms with Crippen molar-refractivity contribution in [1.29, 1.82) is 0 Å². The Morgan fingerprint density at radius 2 is 2.12 bits per heavy atom. The van der Waals surface area contributed by atoms with Crippen LogP contribution in [0.25, 0.3) is 11.3 Å². The molecule has 0 spiro atoms. The van der Waals surface area contributed by atoms with Gasteiger partial charge in [0.2, 0.25) is 0 Å². The normalized spacial score (nSPS) is 17.2. The number of hydrogen-bond acceptors (Lipinski definition) is 4. The molecule has 1 aliphatic heterocycles. The van der Waals surface area contributed by atoms with Gasteiger partial charge >= 0.3 is 0 Å². The van der Waals surface area contributed by atoms with Crippen LogP contribution >= 0.6 is 11.3 Å². The van der Waals surface area contributed by atoms with Gasteiger partial charge in [0.1, 0.15) is 0 Å². The average molecular weight is 338 g/mol. The molecule has 24 heavy (non-hydrogen) atoms. The van der Waals surface area contributed by atoms with Crippen LogP contribution in [0.1, 0.15) is 16.1 Å². The Morgan fingerprint density at radius 1 is 1.25 bits per heavy atom. The van der Waals surface area contributed by atoms with Crippen molar-refractivity contribution in [3.8, 4) is 11.3 Å². The van der Waals surface area contributed by atoms with Crippen molar-refractivity contribution in [1.82, 2.24) is 15.5 Å². The van der Waals surface area contributed by atoms with Crippen LogP contribution in [0.3, 0.4) is 0 Å². The van der Waals surface area contributed by atoms with E-state index in [2.05, 4.69) is 38.6 Å². The zero-order chi connectivity index (χ0) is 16.4. The van der Waals surface area contributed by atoms with E-state index < -0.39 is 0 Å². The van der Waals surface area contributed by atoms with E-state index in [1.54, 1.807) is 0 Å². The Balaban J connectivity index is 1.40. The number of nitrogens with one attached hydrogen (secondary N) is 2. The molecule has 0 aliphatic carbocycles. The summed E-state index contributed by atoms with van der Waals surface area (Å²) in [6.07, 6.45) is 0.935. The smallest absolute Gasteiger partial charge is 0.261 e. The molecule has 0 saturated carbocycles. The first-order valence-electron chi connectivity index (χ1n) is 8.00. The first-order chi connectivity index (χ1) is 11.8. The quantitative estimate of drug-likeness (QED) is 0.768. The monoisotopic (exact) mass is 338 g/mol. The van der Waals surface area contributed by atoms with E-state index in [1.807, 2.05) is 35.7 Å². The lowest BCUT2D eigenvalue weighted by Gasteiger charge is -2.15. The van der Waals surface area contributed by atoms with E-state index in [9.17, 15) is 4.79 Å². The molecule has 0 radical (unpaired) electrons. The molecule has 1 aliphatic rings. The van der Waals surface area contributed by atoms with Crippen LogP contribution in [0.4, 0.5) is 5.82 Å². The van der Waals surface area contributed by atoms with Crippen LogP contribution in [0.5, 0.6) is 0 Å². The van der Waals surface area contributed by atoms with Crippen molar-refractivity contribution in [3.63, 3.8) is 0 Å². The Bertz CT molecular complexity index is 813. The van der Waals surface area contributed by atoms with Crippen molar-refractivity contribution in [3.05, 3.63) is 58.8 Å². The number of carbonyl (C=O) groups is 1. The summed E-state index contributed by atoms with van der Waals surface area (Å²) in [5, 5.41) is 12.6. The minimum Gasteiger partial charge on any atom is -0.353 e. The summed E-state index contributed by atoms with van der Waals surface area (Å²) in [5.74, 6) is 0.950. The van der Waals surface area contributed by atoms with Crippen LogP contribution in [-0.2, 0) is 0 Å². The van der Waals surface area contributed by atoms with E-state index in [4.69, 9.17) is 0 Å². The fourth-order valence-electron chi connectivity index (χ4n) is 2.99. The molecule has 3 aromatic rings. The maximum Gasteiger partial charge on any atom is 0.261 e. The molecule has 122 valence electrons. The topological polar surface area (TPSA) is 61.0 Å². The number of nitrogens with zero attached hydrogens (tertiary/aromatic N) is 2. The Kier molecular flexibility index (Phi) is 4.04. The Hall–Kier alpha value is -2.60. The second-order valence-corrected chi connectivity index (χ2v) is 6.84. The fraction of sp³-hybridized carbons (Fsp3) is 0.222. The standard InChI is InChI=1S/C18H18N4OS/c23-18(16-7-4-10-24-16)19-14-8-9-22(12-14)17-11-15(20-21-17)13-5-2-1-3-6-13/h1-7,10-11,14H,8-9,12H2,(H,19,23)(H,20,21). The van der Waals surface area contributed by atoms with E-state index >= 15 is 0 Å². The summed E-state index contributed by atoms with van der Waals surface area (Å²) in [6, 6.07) is 16.1. The molecule has 3 heterocycles. The predicted molar refractivity (Wildman–Crippen MR) is 96.4 cm³/mol. The van der Waals surface area contributed by atoms with Crippen LogP contribution in [0.15, 0.2) is 53.9 Å². The maximum atomic E-state index is 12.2. The summed E-state index contributed by atoms with van der Waals surface area (Å²) in [7, 11) is 0. The van der Waals surface area contributed by atoms with Crippen molar-refractivity contribution in [2.45, 2.75) is 12.5 Å². The average Bonchev–Trinajstić information content (AvgIpc) is 3.36. The number of hydrogen-bond donors (Lipinski definition) is 2. The van der Waals surface area contributed by atoms with Crippen LogP contribution in [0, 0.1) is 0 Å². The molecule has 4 rings (SSSR count). The third kappa shape index (κ3) is 3.05. The summed E-state index contributed by atoms with van der Waals surface area (Å²) in [6.45, 7) is 1.69. The molecule has 1 unspecified atom stereocenters. The van der Waals surface area contributed by atoms with Gasteiger partial charge in [0, 0.05) is 25.2 Å². The van der Waals surface area contributed by atoms with Gasteiger partial charge in [0.25, 0.3) is 5.91 Å². The van der Waals surface area contributed by atoms with Gasteiger partial charge < -0.3 is 10.2 Å². The zero-order valence-electron chi connectivity index (χ0n) is 13.1. The van der Waals surface area contributed by atoms with Crippen LogP contribution in [0.2, 0.25) is 0 Å². The van der Waals surface area contributed by atoms with Crippen LogP contribution < -0.4 is 10.2 Å². The predicted octanol–water partition coefficient (Wildman–Crippen LogP) is 3.15. The molecule has 1 saturated heterocycles. The van der Waals surface area contributed by atoms with E-state index in [-0.39, 0.29) is 11.9 Å². The van der Waals surface area contributed by atoms with Crippen LogP contribution in [-0.4, -0.2) is 35.2 Å². The Morgan fingerprint density at radius 3 is 2.92 bits per heavy atom. The van der Waals surface area contributed by atoms with Gasteiger partial charge in [-0.05, 0) is 23.4 Å². The number of aromatic nitrogens is 2. The van der Waals surface area contributed by atoms with E-state index in [0.717, 1.165) is 41.5 Å². The molecule has 2 aromatic heterocycles. The first-order valence-corrected chi connectivity index (χ1v) is 8.88. The summed E-state index contributed by atoms with van der Waals surface area (Å²) in [5.41, 5.74) is 2.13. The lowest BCUT2D eigenvalue weighted by molar-refractivity contribution is 0.0944. The lowest BCUT2D eigenvalue weighted by atomic mass is 10.1. The fourth-order valence-corrected chi connectivity index (χ4v) is 3.62. The number of anilines is 1. The van der Waals surface area contributed by atoms with Crippen molar-refractivity contribution >= 4 is 23.1 Å². The number of benzene rings is 1. The summed E-state index contributed by atoms with van der Waals surface area (Å²) in [4.78, 5) is 15.1. The second kappa shape index (κ2) is 6.49. The minimum atomic E-state index is 0.0175. The number of rotatable bonds is 4. The molecule has 1 fully saturated rings. The molecule has 2 N–H and O–H groups in total. The molecular formula is C18H18N4OS. The molecule has 0 bridgehead atoms. The molecule has 1 aromatic carbocycles. The lowest BCUT2D eigenvalue weighted by Crippen LogP contribution is -2.36. The summed E-state index contributed by atoms with van der Waals surface area (Å²) >= 11 is 1.47. The number of amides is 1. The molecular weight excluding hydrogens is 320 g/mol. The van der Waals surface area contributed by atoms with Gasteiger partial charge in [-0.25, -0.2) is 0 Å². The van der Waals surface area contributed by atoms with Gasteiger partial charge in [0.05, 0.1) is 10.6 Å². The molecule has 1 amide bonds. The number of carbonyl (C=O) groups excluding carboxylic acids is 1. The third-order valence-corrected chi connectivity index (χ3v) is 5.11. The van der Waals surface area contributed by atoms with E-state index in [1.165, 1.54) is 11.3 Å². The largest absolute Gasteiger partial charge is 0.353 e. The highest BCUT2D eigenvalue weighted by Gasteiger charge is 2.26. The van der Waals surface area contributed by atoms with Gasteiger partial charge in [-0.3, -0.25) is 9.89 Å². The summed E-state index contributed by atoms with van der Waals surface area (Å²) < 4.78 is 0. The number of H-pyrrole nitrogens is 1. The highest BCUT2D eigenvalue weighted by molar-refractivity contribution is 7.12. The van der Waals surface area contributed by atoms with E-state index in [0.29, 0.717) is 0 Å². The van der Waals surface area contributed by atoms with Gasteiger partial charge in [-0.1, -0.05) is 36.4 Å². The van der Waals surface area contributed by atoms with Gasteiger partial charge in [-0.2, -0.15) is 5.10 Å². The maximum absolute atomic E-state index is 12.2. The zero-order valence-corrected chi connectivity index (χ0v) is 13.9. The minimum absolute atomic E-state index is 0.0175. The molecule has 5 nitrogen and oxygen atoms in total. The highest BCUT2D eigenvalue weighted by Crippen LogP contribution is 2.24. The molecule has 6 heteroatoms. The number of thiophene rings is 1. The van der Waals surface area contributed by atoms with Gasteiger partial charge in [-0.15, -0.1) is 11.3 Å². The third-order valence-electron chi connectivity index (χ3n) is 4.24. The number of aromatic amines is 1. The van der Waals surface area contributed by atoms with Crippen molar-refractivity contribution in [2.24, 2.45) is 0 Å². The SMILES string of the molecule is O=C(NC1CCN(c2cc(-c3ccccc3)[nH]n2)C1)c1cccs1. The Labute approximate surface area is 144 Å². The second-order valence-electron chi connectivity index (χ2n) is 5.89. The highest BCUT2D eigenvalue weighted by atomic mass is 32.1.